The predicted octanol–water partition coefficient (Wildman–Crippen LogP) is 1.28. The molecule has 0 saturated heterocycles. The monoisotopic (exact) mass is 246 g/mol. The second-order valence-electron chi connectivity index (χ2n) is 3.75. The maximum atomic E-state index is 11.9. The van der Waals surface area contributed by atoms with Crippen molar-refractivity contribution < 1.29 is 9.63 Å². The highest BCUT2D eigenvalue weighted by Gasteiger charge is 2.13. The van der Waals surface area contributed by atoms with Gasteiger partial charge in [-0.1, -0.05) is 6.08 Å². The van der Waals surface area contributed by atoms with E-state index in [9.17, 15) is 4.79 Å². The molecule has 0 saturated carbocycles. The molecule has 2 aromatic heterocycles. The zero-order valence-corrected chi connectivity index (χ0v) is 10.1. The molecule has 1 amide bonds. The van der Waals surface area contributed by atoms with Crippen LogP contribution in [0.25, 0.3) is 5.65 Å². The third-order valence-electron chi connectivity index (χ3n) is 2.30. The van der Waals surface area contributed by atoms with Crippen molar-refractivity contribution in [1.82, 2.24) is 19.8 Å². The van der Waals surface area contributed by atoms with Crippen molar-refractivity contribution in [1.29, 1.82) is 0 Å². The molecule has 0 aliphatic rings. The van der Waals surface area contributed by atoms with Crippen molar-refractivity contribution >= 4 is 11.6 Å². The second-order valence-corrected chi connectivity index (χ2v) is 3.75. The Morgan fingerprint density at radius 1 is 1.67 bits per heavy atom. The first-order valence-corrected chi connectivity index (χ1v) is 5.55. The Kier molecular flexibility index (Phi) is 3.69. The molecule has 94 valence electrons. The summed E-state index contributed by atoms with van der Waals surface area (Å²) in [6.07, 6.45) is 7.49. The van der Waals surface area contributed by atoms with Crippen LogP contribution in [-0.4, -0.2) is 26.9 Å². The Labute approximate surface area is 104 Å². The molecule has 0 aromatic carbocycles. The molecule has 0 unspecified atom stereocenters. The van der Waals surface area contributed by atoms with Gasteiger partial charge in [0, 0.05) is 18.6 Å². The Morgan fingerprint density at radius 2 is 2.50 bits per heavy atom. The van der Waals surface area contributed by atoms with Crippen molar-refractivity contribution in [3.63, 3.8) is 0 Å². The van der Waals surface area contributed by atoms with Crippen molar-refractivity contribution in [2.24, 2.45) is 0 Å². The predicted molar refractivity (Wildman–Crippen MR) is 66.0 cm³/mol. The van der Waals surface area contributed by atoms with Crippen LogP contribution in [0.4, 0.5) is 0 Å². The zero-order chi connectivity index (χ0) is 13.0. The highest BCUT2D eigenvalue weighted by Crippen LogP contribution is 2.07. The van der Waals surface area contributed by atoms with Gasteiger partial charge >= 0.3 is 0 Å². The maximum Gasteiger partial charge on any atom is 0.297 e. The average molecular weight is 246 g/mol. The van der Waals surface area contributed by atoms with Crippen LogP contribution in [0.15, 0.2) is 31.2 Å². The number of carbonyl (C=O) groups is 1. The number of hydroxylamine groups is 1. The summed E-state index contributed by atoms with van der Waals surface area (Å²) in [7, 11) is 0. The third-order valence-corrected chi connectivity index (χ3v) is 2.30. The average Bonchev–Trinajstić information content (AvgIpc) is 2.74. The van der Waals surface area contributed by atoms with Crippen LogP contribution < -0.4 is 5.48 Å². The fourth-order valence-electron chi connectivity index (χ4n) is 1.51. The molecule has 0 radical (unpaired) electrons. The molecule has 2 aromatic rings. The van der Waals surface area contributed by atoms with Crippen LogP contribution in [0.1, 0.15) is 22.6 Å². The van der Waals surface area contributed by atoms with E-state index in [1.54, 1.807) is 22.9 Å². The van der Waals surface area contributed by atoms with E-state index in [0.29, 0.717) is 18.7 Å². The molecular formula is C12H14N4O2. The third kappa shape index (κ3) is 2.54. The number of fused-ring (bicyclic) bond motifs is 1. The summed E-state index contributed by atoms with van der Waals surface area (Å²) in [6, 6.07) is 0. The largest absolute Gasteiger partial charge is 0.303 e. The number of aryl methyl sites for hydroxylation is 1. The van der Waals surface area contributed by atoms with E-state index >= 15 is 0 Å². The maximum absolute atomic E-state index is 11.9. The van der Waals surface area contributed by atoms with Gasteiger partial charge in [-0.15, -0.1) is 6.58 Å². The minimum absolute atomic E-state index is 0.240. The molecule has 0 aliphatic heterocycles. The van der Waals surface area contributed by atoms with Crippen LogP contribution in [-0.2, 0) is 4.84 Å². The van der Waals surface area contributed by atoms with E-state index in [1.165, 1.54) is 0 Å². The molecule has 18 heavy (non-hydrogen) atoms. The summed E-state index contributed by atoms with van der Waals surface area (Å²) in [5, 5.41) is 0. The number of nitrogens with one attached hydrogen (secondary N) is 1. The molecule has 0 bridgehead atoms. The number of nitrogens with zero attached hydrogens (tertiary/aromatic N) is 3. The molecule has 0 fully saturated rings. The van der Waals surface area contributed by atoms with Gasteiger partial charge in [-0.3, -0.25) is 9.63 Å². The number of amides is 1. The van der Waals surface area contributed by atoms with Crippen LogP contribution in [0.5, 0.6) is 0 Å². The lowest BCUT2D eigenvalue weighted by Gasteiger charge is -2.04. The van der Waals surface area contributed by atoms with Crippen LogP contribution in [0.3, 0.4) is 0 Å². The fraction of sp³-hybridized carbons (Fsp3) is 0.250. The summed E-state index contributed by atoms with van der Waals surface area (Å²) in [5.41, 5.74) is 3.91. The minimum Gasteiger partial charge on any atom is -0.303 e. The summed E-state index contributed by atoms with van der Waals surface area (Å²) in [6.45, 7) is 5.80. The summed E-state index contributed by atoms with van der Waals surface area (Å²) >= 11 is 0. The quantitative estimate of drug-likeness (QED) is 0.490. The molecular weight excluding hydrogens is 232 g/mol. The lowest BCUT2D eigenvalue weighted by molar-refractivity contribution is 0.0327. The summed E-state index contributed by atoms with van der Waals surface area (Å²) < 4.78 is 1.75. The molecule has 1 N–H and O–H groups in total. The van der Waals surface area contributed by atoms with Gasteiger partial charge < -0.3 is 4.40 Å². The molecule has 2 heterocycles. The SMILES string of the molecule is C=CCCONC(=O)c1nccn2cc(C)nc12. The highest BCUT2D eigenvalue weighted by molar-refractivity contribution is 5.97. The van der Waals surface area contributed by atoms with Gasteiger partial charge in [0.25, 0.3) is 5.91 Å². The molecule has 0 spiro atoms. The van der Waals surface area contributed by atoms with Gasteiger partial charge in [-0.05, 0) is 13.3 Å². The van der Waals surface area contributed by atoms with Crippen molar-refractivity contribution in [2.45, 2.75) is 13.3 Å². The normalized spacial score (nSPS) is 10.5. The number of aromatic nitrogens is 3. The van der Waals surface area contributed by atoms with Gasteiger partial charge in [0.15, 0.2) is 11.3 Å². The van der Waals surface area contributed by atoms with Gasteiger partial charge in [0.05, 0.1) is 12.3 Å². The number of hydrogen-bond acceptors (Lipinski definition) is 4. The van der Waals surface area contributed by atoms with Crippen LogP contribution in [0.2, 0.25) is 0 Å². The first-order valence-electron chi connectivity index (χ1n) is 5.55. The molecule has 0 aliphatic carbocycles. The van der Waals surface area contributed by atoms with E-state index in [0.717, 1.165) is 5.69 Å². The molecule has 6 nitrogen and oxygen atoms in total. The van der Waals surface area contributed by atoms with Gasteiger partial charge in [-0.25, -0.2) is 15.4 Å². The number of hydrogen-bond donors (Lipinski definition) is 1. The van der Waals surface area contributed by atoms with E-state index in [2.05, 4.69) is 22.0 Å². The lowest BCUT2D eigenvalue weighted by Crippen LogP contribution is -2.25. The first-order chi connectivity index (χ1) is 8.72. The van der Waals surface area contributed by atoms with Crippen molar-refractivity contribution in [3.05, 3.63) is 42.6 Å². The van der Waals surface area contributed by atoms with Crippen molar-refractivity contribution in [3.8, 4) is 0 Å². The fourth-order valence-corrected chi connectivity index (χ4v) is 1.51. The summed E-state index contributed by atoms with van der Waals surface area (Å²) in [5.74, 6) is -0.407. The summed E-state index contributed by atoms with van der Waals surface area (Å²) in [4.78, 5) is 25.1. The Morgan fingerprint density at radius 3 is 3.28 bits per heavy atom. The van der Waals surface area contributed by atoms with Gasteiger partial charge in [-0.2, -0.15) is 0 Å². The highest BCUT2D eigenvalue weighted by atomic mass is 16.6. The van der Waals surface area contributed by atoms with Crippen LogP contribution in [0, 0.1) is 6.92 Å². The minimum atomic E-state index is -0.407. The number of rotatable bonds is 5. The lowest BCUT2D eigenvalue weighted by atomic mass is 10.4. The number of carbonyl (C=O) groups excluding carboxylic acids is 1. The van der Waals surface area contributed by atoms with E-state index < -0.39 is 5.91 Å². The van der Waals surface area contributed by atoms with Gasteiger partial charge in [0.1, 0.15) is 0 Å². The smallest absolute Gasteiger partial charge is 0.297 e. The standard InChI is InChI=1S/C12H14N4O2/c1-3-4-7-18-15-12(17)10-11-14-9(2)8-16(11)6-5-13-10/h3,5-6,8H,1,4,7H2,2H3,(H,15,17). The van der Waals surface area contributed by atoms with E-state index in [-0.39, 0.29) is 5.69 Å². The second kappa shape index (κ2) is 5.42. The van der Waals surface area contributed by atoms with Crippen molar-refractivity contribution in [2.75, 3.05) is 6.61 Å². The Hall–Kier alpha value is -2.21. The zero-order valence-electron chi connectivity index (χ0n) is 10.1. The van der Waals surface area contributed by atoms with E-state index in [1.807, 2.05) is 13.1 Å². The molecule has 6 heteroatoms. The topological polar surface area (TPSA) is 68.5 Å². The van der Waals surface area contributed by atoms with Gasteiger partial charge in [0.2, 0.25) is 0 Å². The van der Waals surface area contributed by atoms with E-state index in [4.69, 9.17) is 4.84 Å². The first kappa shape index (κ1) is 12.3. The Balaban J connectivity index is 2.14. The Bertz CT molecular complexity index is 576. The molecule has 0 atom stereocenters. The molecule has 2 rings (SSSR count). The van der Waals surface area contributed by atoms with Crippen LogP contribution >= 0.6 is 0 Å². The number of imidazole rings is 1.